The second kappa shape index (κ2) is 4.77. The van der Waals surface area contributed by atoms with E-state index in [1.807, 2.05) is 13.1 Å². The molecule has 2 aliphatic carbocycles. The summed E-state index contributed by atoms with van der Waals surface area (Å²) in [6.07, 6.45) is 1.42. The molecule has 2 bridgehead atoms. The number of piperidine rings is 1. The molecular weight excluding hydrogens is 322 g/mol. The van der Waals surface area contributed by atoms with Crippen LogP contribution in [0.15, 0.2) is 24.0 Å². The van der Waals surface area contributed by atoms with Gasteiger partial charge in [0.25, 0.3) is 0 Å². The molecule has 132 valence electrons. The molecule has 0 radical (unpaired) electrons. The Morgan fingerprint density at radius 2 is 2.12 bits per heavy atom. The monoisotopic (exact) mass is 343 g/mol. The molecule has 1 fully saturated rings. The van der Waals surface area contributed by atoms with Crippen molar-refractivity contribution >= 4 is 5.78 Å². The van der Waals surface area contributed by atoms with Gasteiger partial charge in [-0.1, -0.05) is 0 Å². The van der Waals surface area contributed by atoms with Crippen LogP contribution in [-0.2, 0) is 10.2 Å². The van der Waals surface area contributed by atoms with Crippen molar-refractivity contribution in [2.24, 2.45) is 5.92 Å². The van der Waals surface area contributed by atoms with Gasteiger partial charge in [0.05, 0.1) is 31.8 Å². The van der Waals surface area contributed by atoms with Gasteiger partial charge in [-0.3, -0.25) is 9.69 Å². The van der Waals surface area contributed by atoms with E-state index in [1.165, 1.54) is 0 Å². The molecule has 1 saturated heterocycles. The number of nitrogens with zero attached hydrogens (tertiary/aromatic N) is 1. The van der Waals surface area contributed by atoms with Crippen LogP contribution in [0.5, 0.6) is 11.5 Å². The lowest BCUT2D eigenvalue weighted by Gasteiger charge is -2.56. The molecule has 4 aliphatic rings. The number of aliphatic hydroxyl groups excluding tert-OH is 1. The zero-order chi connectivity index (χ0) is 17.5. The van der Waals surface area contributed by atoms with Crippen molar-refractivity contribution < 1.29 is 24.1 Å². The van der Waals surface area contributed by atoms with Gasteiger partial charge in [0, 0.05) is 17.0 Å². The molecule has 1 N–H and O–H groups in total. The Kier molecular flexibility index (Phi) is 2.90. The molecule has 0 aromatic heterocycles. The molecule has 0 saturated carbocycles. The Morgan fingerprint density at radius 3 is 2.84 bits per heavy atom. The molecule has 1 spiro atoms. The largest absolute Gasteiger partial charge is 0.497 e. The molecule has 1 unspecified atom stereocenters. The number of methoxy groups -OCH3 is 2. The van der Waals surface area contributed by atoms with Gasteiger partial charge >= 0.3 is 0 Å². The molecule has 25 heavy (non-hydrogen) atoms. The van der Waals surface area contributed by atoms with E-state index in [1.54, 1.807) is 26.4 Å². The van der Waals surface area contributed by atoms with Gasteiger partial charge in [-0.2, -0.15) is 0 Å². The Labute approximate surface area is 146 Å². The molecular formula is C19H21NO5. The second-order valence-corrected chi connectivity index (χ2v) is 7.39. The van der Waals surface area contributed by atoms with Crippen molar-refractivity contribution in [3.8, 4) is 11.5 Å². The number of rotatable bonds is 2. The average Bonchev–Trinajstić information content (AvgIpc) is 2.96. The minimum atomic E-state index is -0.753. The number of ether oxygens (including phenoxy) is 3. The Morgan fingerprint density at radius 1 is 1.32 bits per heavy atom. The van der Waals surface area contributed by atoms with Crippen molar-refractivity contribution in [1.29, 1.82) is 0 Å². The van der Waals surface area contributed by atoms with E-state index in [2.05, 4.69) is 4.90 Å². The van der Waals surface area contributed by atoms with E-state index < -0.39 is 11.5 Å². The van der Waals surface area contributed by atoms with Crippen LogP contribution < -0.4 is 9.47 Å². The minimum Gasteiger partial charge on any atom is -0.497 e. The van der Waals surface area contributed by atoms with Crippen molar-refractivity contribution in [1.82, 2.24) is 4.90 Å². The lowest BCUT2D eigenvalue weighted by Crippen LogP contribution is -2.68. The fourth-order valence-electron chi connectivity index (χ4n) is 5.54. The molecule has 1 aromatic rings. The van der Waals surface area contributed by atoms with Crippen LogP contribution >= 0.6 is 0 Å². The third-order valence-electron chi connectivity index (χ3n) is 6.53. The van der Waals surface area contributed by atoms with Crippen LogP contribution in [0.4, 0.5) is 0 Å². The number of benzene rings is 1. The van der Waals surface area contributed by atoms with Crippen LogP contribution in [0.2, 0.25) is 0 Å². The Bertz CT molecular complexity index is 818. The number of likely N-dealkylation sites (N-methyl/N-ethyl adjacent to an activating group) is 1. The Balaban J connectivity index is 1.87. The third-order valence-corrected chi connectivity index (χ3v) is 6.53. The fourth-order valence-corrected chi connectivity index (χ4v) is 5.54. The van der Waals surface area contributed by atoms with E-state index in [9.17, 15) is 9.90 Å². The smallest absolute Gasteiger partial charge is 0.180 e. The predicted molar refractivity (Wildman–Crippen MR) is 89.0 cm³/mol. The number of aliphatic hydroxyl groups is 1. The van der Waals surface area contributed by atoms with E-state index in [4.69, 9.17) is 14.2 Å². The summed E-state index contributed by atoms with van der Waals surface area (Å²) in [7, 11) is 5.15. The molecule has 5 rings (SSSR count). The summed E-state index contributed by atoms with van der Waals surface area (Å²) in [5, 5.41) is 10.9. The van der Waals surface area contributed by atoms with Gasteiger partial charge in [-0.15, -0.1) is 0 Å². The number of carbonyl (C=O) groups is 1. The SMILES string of the molecule is COC1=C[C@H](O)[C@H]2C3C(=O)c4ccc(OC)c5c4[C@@]2(CCN3C)[C@H]1O5. The maximum absolute atomic E-state index is 13.3. The minimum absolute atomic E-state index is 0.0549. The summed E-state index contributed by atoms with van der Waals surface area (Å²) in [5.41, 5.74) is 1.14. The first-order chi connectivity index (χ1) is 12.0. The number of ketones is 1. The standard InChI is InChI=1S/C19H21NO5/c1-20-7-6-19-13-9-4-5-11(23-2)17(13)25-18(19)12(24-3)8-10(21)14(19)15(20)16(9)22/h4-5,8,10,14-15,18,21H,6-7H2,1-3H3/t10-,14-,15?,18-,19+/m0/s1. The van der Waals surface area contributed by atoms with Gasteiger partial charge in [0.15, 0.2) is 23.4 Å². The number of likely N-dealkylation sites (tertiary alicyclic amines) is 1. The average molecular weight is 343 g/mol. The molecule has 1 aromatic carbocycles. The number of hydrogen-bond acceptors (Lipinski definition) is 6. The van der Waals surface area contributed by atoms with E-state index >= 15 is 0 Å². The molecule has 2 aliphatic heterocycles. The summed E-state index contributed by atoms with van der Waals surface area (Å²) in [6, 6.07) is 3.28. The van der Waals surface area contributed by atoms with Crippen molar-refractivity contribution in [2.45, 2.75) is 30.1 Å². The first kappa shape index (κ1) is 15.2. The molecule has 6 nitrogen and oxygen atoms in total. The van der Waals surface area contributed by atoms with E-state index in [0.29, 0.717) is 22.8 Å². The molecule has 0 amide bonds. The summed E-state index contributed by atoms with van der Waals surface area (Å²) in [4.78, 5) is 15.3. The number of carbonyl (C=O) groups excluding carboxylic acids is 1. The van der Waals surface area contributed by atoms with Crippen LogP contribution in [-0.4, -0.2) is 61.9 Å². The maximum atomic E-state index is 13.3. The lowest BCUT2D eigenvalue weighted by molar-refractivity contribution is -0.0639. The van der Waals surface area contributed by atoms with Gasteiger partial charge in [-0.25, -0.2) is 0 Å². The van der Waals surface area contributed by atoms with E-state index in [-0.39, 0.29) is 23.8 Å². The van der Waals surface area contributed by atoms with Crippen molar-refractivity contribution in [2.75, 3.05) is 27.8 Å². The quantitative estimate of drug-likeness (QED) is 0.868. The van der Waals surface area contributed by atoms with Gasteiger partial charge in [-0.05, 0) is 38.2 Å². The highest BCUT2D eigenvalue weighted by molar-refractivity contribution is 6.05. The maximum Gasteiger partial charge on any atom is 0.180 e. The normalized spacial score (nSPS) is 37.9. The van der Waals surface area contributed by atoms with Gasteiger partial charge in [0.1, 0.15) is 5.76 Å². The number of hydrogen-bond donors (Lipinski definition) is 1. The summed E-state index contributed by atoms with van der Waals surface area (Å²) in [6.45, 7) is 0.770. The summed E-state index contributed by atoms with van der Waals surface area (Å²) in [5.74, 6) is 1.69. The topological polar surface area (TPSA) is 68.2 Å². The number of Topliss-reactive ketones (excluding diaryl/α,β-unsaturated/α-hetero) is 1. The first-order valence-electron chi connectivity index (χ1n) is 8.61. The zero-order valence-electron chi connectivity index (χ0n) is 14.5. The van der Waals surface area contributed by atoms with Gasteiger partial charge in [0.2, 0.25) is 0 Å². The van der Waals surface area contributed by atoms with Crippen LogP contribution in [0.25, 0.3) is 0 Å². The van der Waals surface area contributed by atoms with Crippen molar-refractivity contribution in [3.63, 3.8) is 0 Å². The van der Waals surface area contributed by atoms with Crippen LogP contribution in [0, 0.1) is 5.92 Å². The van der Waals surface area contributed by atoms with Crippen LogP contribution in [0.3, 0.4) is 0 Å². The summed E-state index contributed by atoms with van der Waals surface area (Å²) < 4.78 is 17.4. The molecule has 2 heterocycles. The van der Waals surface area contributed by atoms with Crippen molar-refractivity contribution in [3.05, 3.63) is 35.1 Å². The summed E-state index contributed by atoms with van der Waals surface area (Å²) >= 11 is 0. The fraction of sp³-hybridized carbons (Fsp3) is 0.526. The van der Waals surface area contributed by atoms with Gasteiger partial charge < -0.3 is 19.3 Å². The second-order valence-electron chi connectivity index (χ2n) is 7.39. The highest BCUT2D eigenvalue weighted by Crippen LogP contribution is 2.63. The molecule has 5 atom stereocenters. The highest BCUT2D eigenvalue weighted by Gasteiger charge is 2.68. The lowest BCUT2D eigenvalue weighted by atomic mass is 9.52. The van der Waals surface area contributed by atoms with E-state index in [0.717, 1.165) is 18.5 Å². The highest BCUT2D eigenvalue weighted by atomic mass is 16.6. The zero-order valence-corrected chi connectivity index (χ0v) is 14.5. The molecule has 6 heteroatoms. The van der Waals surface area contributed by atoms with Crippen LogP contribution in [0.1, 0.15) is 22.3 Å². The third kappa shape index (κ3) is 1.56. The predicted octanol–water partition coefficient (Wildman–Crippen LogP) is 1.12. The Hall–Kier alpha value is -2.05. The first-order valence-corrected chi connectivity index (χ1v) is 8.61.